The van der Waals surface area contributed by atoms with Crippen LogP contribution in [0.15, 0.2) is 0 Å². The minimum absolute atomic E-state index is 0.298. The van der Waals surface area contributed by atoms with Crippen molar-refractivity contribution in [2.45, 2.75) is 12.8 Å². The van der Waals surface area contributed by atoms with Crippen molar-refractivity contribution >= 4 is 5.97 Å². The number of rotatable bonds is 4. The van der Waals surface area contributed by atoms with Gasteiger partial charge in [0.1, 0.15) is 0 Å². The fraction of sp³-hybridized carbons (Fsp3) is 0.667. The number of hydrogen-bond acceptors (Lipinski definition) is 2. The Hall–Kier alpha value is -1.01. The monoisotopic (exact) mass is 167 g/mol. The number of terminal acetylenes is 1. The molecule has 1 saturated heterocycles. The van der Waals surface area contributed by atoms with Gasteiger partial charge >= 0.3 is 5.97 Å². The lowest BCUT2D eigenvalue weighted by atomic mass is 9.96. The summed E-state index contributed by atoms with van der Waals surface area (Å²) in [5.41, 5.74) is 0. The minimum atomic E-state index is -0.698. The SMILES string of the molecule is C#CCCN1CC(CC(=O)O)C1. The van der Waals surface area contributed by atoms with Gasteiger partial charge in [-0.1, -0.05) is 0 Å². The van der Waals surface area contributed by atoms with Gasteiger partial charge < -0.3 is 10.0 Å². The molecule has 0 amide bonds. The molecule has 1 heterocycles. The van der Waals surface area contributed by atoms with Crippen molar-refractivity contribution in [1.82, 2.24) is 4.90 Å². The number of carboxylic acids is 1. The summed E-state index contributed by atoms with van der Waals surface area (Å²) < 4.78 is 0. The third-order valence-corrected chi connectivity index (χ3v) is 2.07. The van der Waals surface area contributed by atoms with Crippen LogP contribution in [0.4, 0.5) is 0 Å². The van der Waals surface area contributed by atoms with E-state index in [4.69, 9.17) is 11.5 Å². The summed E-state index contributed by atoms with van der Waals surface area (Å²) >= 11 is 0. The first-order valence-electron chi connectivity index (χ1n) is 4.10. The first-order chi connectivity index (χ1) is 5.72. The Morgan fingerprint density at radius 1 is 1.67 bits per heavy atom. The smallest absolute Gasteiger partial charge is 0.303 e. The first kappa shape index (κ1) is 9.08. The largest absolute Gasteiger partial charge is 0.481 e. The van der Waals surface area contributed by atoms with Crippen LogP contribution < -0.4 is 0 Å². The zero-order valence-electron chi connectivity index (χ0n) is 6.99. The number of aliphatic carboxylic acids is 1. The molecule has 0 unspecified atom stereocenters. The van der Waals surface area contributed by atoms with E-state index >= 15 is 0 Å². The third kappa shape index (κ3) is 2.55. The van der Waals surface area contributed by atoms with Gasteiger partial charge in [-0.2, -0.15) is 0 Å². The average molecular weight is 167 g/mol. The Kier molecular flexibility index (Phi) is 3.12. The van der Waals surface area contributed by atoms with Crippen LogP contribution in [0.1, 0.15) is 12.8 Å². The van der Waals surface area contributed by atoms with Gasteiger partial charge in [0.25, 0.3) is 0 Å². The van der Waals surface area contributed by atoms with Gasteiger partial charge in [-0.3, -0.25) is 4.79 Å². The fourth-order valence-electron chi connectivity index (χ4n) is 1.46. The Labute approximate surface area is 72.4 Å². The van der Waals surface area contributed by atoms with Crippen LogP contribution in [0.25, 0.3) is 0 Å². The lowest BCUT2D eigenvalue weighted by Gasteiger charge is -2.38. The third-order valence-electron chi connectivity index (χ3n) is 2.07. The van der Waals surface area contributed by atoms with Gasteiger partial charge in [-0.05, 0) is 5.92 Å². The molecule has 0 atom stereocenters. The van der Waals surface area contributed by atoms with Crippen molar-refractivity contribution in [3.63, 3.8) is 0 Å². The second-order valence-corrected chi connectivity index (χ2v) is 3.18. The molecule has 0 bridgehead atoms. The number of hydrogen-bond donors (Lipinski definition) is 1. The van der Waals surface area contributed by atoms with Crippen molar-refractivity contribution in [3.05, 3.63) is 0 Å². The molecule has 0 aliphatic carbocycles. The number of carboxylic acid groups (broad SMARTS) is 1. The number of likely N-dealkylation sites (tertiary alicyclic amines) is 1. The van der Waals surface area contributed by atoms with E-state index in [0.717, 1.165) is 26.1 Å². The molecule has 0 aromatic heterocycles. The summed E-state index contributed by atoms with van der Waals surface area (Å²) in [5, 5.41) is 8.46. The van der Waals surface area contributed by atoms with E-state index in [1.54, 1.807) is 0 Å². The quantitative estimate of drug-likeness (QED) is 0.617. The molecule has 0 saturated carbocycles. The van der Waals surface area contributed by atoms with Gasteiger partial charge in [0.15, 0.2) is 0 Å². The molecule has 1 aliphatic heterocycles. The standard InChI is InChI=1S/C9H13NO2/c1-2-3-4-10-6-8(7-10)5-9(11)12/h1,8H,3-7H2,(H,11,12). The molecule has 3 nitrogen and oxygen atoms in total. The van der Waals surface area contributed by atoms with E-state index in [1.165, 1.54) is 0 Å². The summed E-state index contributed by atoms with van der Waals surface area (Å²) in [6.45, 7) is 2.70. The van der Waals surface area contributed by atoms with Crippen LogP contribution in [0, 0.1) is 18.3 Å². The Balaban J connectivity index is 2.04. The highest BCUT2D eigenvalue weighted by atomic mass is 16.4. The van der Waals surface area contributed by atoms with Crippen LogP contribution in [0.2, 0.25) is 0 Å². The highest BCUT2D eigenvalue weighted by Gasteiger charge is 2.27. The highest BCUT2D eigenvalue weighted by Crippen LogP contribution is 2.18. The number of nitrogens with zero attached hydrogens (tertiary/aromatic N) is 1. The summed E-state index contributed by atoms with van der Waals surface area (Å²) in [6.07, 6.45) is 6.16. The molecule has 3 heteroatoms. The fourth-order valence-corrected chi connectivity index (χ4v) is 1.46. The van der Waals surface area contributed by atoms with Crippen LogP contribution in [-0.4, -0.2) is 35.6 Å². The normalized spacial score (nSPS) is 18.2. The molecule has 1 N–H and O–H groups in total. The molecule has 12 heavy (non-hydrogen) atoms. The second-order valence-electron chi connectivity index (χ2n) is 3.18. The molecule has 66 valence electrons. The van der Waals surface area contributed by atoms with Gasteiger partial charge in [0, 0.05) is 26.1 Å². The molecular formula is C9H13NO2. The second kappa shape index (κ2) is 4.13. The van der Waals surface area contributed by atoms with E-state index < -0.39 is 5.97 Å². The molecule has 1 fully saturated rings. The molecule has 0 aromatic carbocycles. The van der Waals surface area contributed by atoms with E-state index in [9.17, 15) is 4.79 Å². The summed E-state index contributed by atoms with van der Waals surface area (Å²) in [7, 11) is 0. The van der Waals surface area contributed by atoms with E-state index in [1.807, 2.05) is 0 Å². The van der Waals surface area contributed by atoms with Crippen molar-refractivity contribution < 1.29 is 9.90 Å². The molecule has 0 radical (unpaired) electrons. The maximum atomic E-state index is 10.3. The Morgan fingerprint density at radius 3 is 2.83 bits per heavy atom. The average Bonchev–Trinajstić information content (AvgIpc) is 1.93. The van der Waals surface area contributed by atoms with Crippen LogP contribution in [-0.2, 0) is 4.79 Å². The maximum Gasteiger partial charge on any atom is 0.303 e. The van der Waals surface area contributed by atoms with E-state index in [2.05, 4.69) is 10.8 Å². The molecule has 1 rings (SSSR count). The van der Waals surface area contributed by atoms with Gasteiger partial charge in [-0.15, -0.1) is 12.3 Å². The van der Waals surface area contributed by atoms with Gasteiger partial charge in [0.05, 0.1) is 6.42 Å². The van der Waals surface area contributed by atoms with Crippen LogP contribution in [0.3, 0.4) is 0 Å². The predicted octanol–water partition coefficient (Wildman–Crippen LogP) is 0.416. The lowest BCUT2D eigenvalue weighted by Crippen LogP contribution is -2.47. The Bertz CT molecular complexity index is 201. The van der Waals surface area contributed by atoms with Crippen LogP contribution >= 0.6 is 0 Å². The van der Waals surface area contributed by atoms with E-state index in [-0.39, 0.29) is 0 Å². The molecule has 0 aromatic rings. The lowest BCUT2D eigenvalue weighted by molar-refractivity contribution is -0.139. The Morgan fingerprint density at radius 2 is 2.33 bits per heavy atom. The topological polar surface area (TPSA) is 40.5 Å². The van der Waals surface area contributed by atoms with Crippen molar-refractivity contribution in [3.8, 4) is 12.3 Å². The molecule has 1 aliphatic rings. The summed E-state index contributed by atoms with van der Waals surface area (Å²) in [6, 6.07) is 0. The minimum Gasteiger partial charge on any atom is -0.481 e. The van der Waals surface area contributed by atoms with Crippen molar-refractivity contribution in [1.29, 1.82) is 0 Å². The zero-order chi connectivity index (χ0) is 8.97. The zero-order valence-corrected chi connectivity index (χ0v) is 6.99. The molecule has 0 spiro atoms. The summed E-state index contributed by atoms with van der Waals surface area (Å²) in [5.74, 6) is 2.21. The summed E-state index contributed by atoms with van der Waals surface area (Å²) in [4.78, 5) is 12.5. The predicted molar refractivity (Wildman–Crippen MR) is 45.6 cm³/mol. The van der Waals surface area contributed by atoms with Gasteiger partial charge in [-0.25, -0.2) is 0 Å². The number of carbonyl (C=O) groups is 1. The van der Waals surface area contributed by atoms with E-state index in [0.29, 0.717) is 12.3 Å². The van der Waals surface area contributed by atoms with Crippen molar-refractivity contribution in [2.24, 2.45) is 5.92 Å². The molecular weight excluding hydrogens is 154 g/mol. The van der Waals surface area contributed by atoms with Crippen LogP contribution in [0.5, 0.6) is 0 Å². The first-order valence-corrected chi connectivity index (χ1v) is 4.10. The maximum absolute atomic E-state index is 10.3. The van der Waals surface area contributed by atoms with Crippen molar-refractivity contribution in [2.75, 3.05) is 19.6 Å². The highest BCUT2D eigenvalue weighted by molar-refractivity contribution is 5.67. The van der Waals surface area contributed by atoms with Gasteiger partial charge in [0.2, 0.25) is 0 Å².